The molecule has 3 heterocycles. The molecule has 33 heavy (non-hydrogen) atoms. The Balaban J connectivity index is 1.91. The third-order valence-corrected chi connectivity index (χ3v) is 5.76. The number of alkyl halides is 3. The number of nitrogens with zero attached hydrogens (tertiary/aromatic N) is 4. The van der Waals surface area contributed by atoms with Crippen LogP contribution in [0.3, 0.4) is 0 Å². The van der Waals surface area contributed by atoms with Crippen molar-refractivity contribution in [3.63, 3.8) is 0 Å². The lowest BCUT2D eigenvalue weighted by Crippen LogP contribution is -2.29. The van der Waals surface area contributed by atoms with Gasteiger partial charge in [-0.15, -0.1) is 0 Å². The van der Waals surface area contributed by atoms with E-state index in [0.717, 1.165) is 30.5 Å². The lowest BCUT2D eigenvalue weighted by Gasteiger charge is -2.23. The van der Waals surface area contributed by atoms with Crippen molar-refractivity contribution < 1.29 is 43.7 Å². The van der Waals surface area contributed by atoms with Gasteiger partial charge in [-0.2, -0.15) is 36.1 Å². The Kier molecular flexibility index (Phi) is 5.72. The third-order valence-electron chi connectivity index (χ3n) is 4.82. The van der Waals surface area contributed by atoms with E-state index in [1.807, 2.05) is 0 Å². The van der Waals surface area contributed by atoms with Crippen LogP contribution in [0, 0.1) is 24.4 Å². The van der Waals surface area contributed by atoms with Gasteiger partial charge in [-0.3, -0.25) is 0 Å². The van der Waals surface area contributed by atoms with E-state index in [1.165, 1.54) is 0 Å². The highest BCUT2D eigenvalue weighted by molar-refractivity contribution is 7.87. The Labute approximate surface area is 182 Å². The molecular formula is C18H14F6N4O4S. The van der Waals surface area contributed by atoms with Crippen LogP contribution < -0.4 is 4.18 Å². The maximum absolute atomic E-state index is 14.7. The molecule has 1 atom stereocenters. The van der Waals surface area contributed by atoms with Crippen LogP contribution in [-0.4, -0.2) is 40.3 Å². The topological polar surface area (TPSA) is 96.2 Å². The number of ether oxygens (including phenoxy) is 1. The molecule has 0 N–H and O–H groups in total. The van der Waals surface area contributed by atoms with Crippen LogP contribution >= 0.6 is 0 Å². The molecule has 0 spiro atoms. The molecule has 0 bridgehead atoms. The summed E-state index contributed by atoms with van der Waals surface area (Å²) >= 11 is 0. The Morgan fingerprint density at radius 2 is 1.88 bits per heavy atom. The van der Waals surface area contributed by atoms with Crippen LogP contribution in [0.2, 0.25) is 0 Å². The summed E-state index contributed by atoms with van der Waals surface area (Å²) in [5, 5.41) is 3.97. The van der Waals surface area contributed by atoms with Crippen LogP contribution in [0.1, 0.15) is 31.2 Å². The molecule has 0 saturated carbocycles. The molecule has 1 aliphatic heterocycles. The standard InChI is InChI=1S/C18H14F6N4O4S/c1-8-13(21)17(32-33(29,30)18(22,23)24)26-16(25-8)14-10-6-9(19)7-11(20)15(10)28(27-14)12-4-2-3-5-31-12/h6-7,12H,2-5H2,1H3. The molecule has 1 saturated heterocycles. The first-order chi connectivity index (χ1) is 15.4. The Morgan fingerprint density at radius 1 is 1.15 bits per heavy atom. The zero-order chi connectivity index (χ0) is 24.1. The van der Waals surface area contributed by atoms with Crippen molar-refractivity contribution in [3.05, 3.63) is 35.3 Å². The van der Waals surface area contributed by atoms with Gasteiger partial charge in [-0.05, 0) is 32.3 Å². The third kappa shape index (κ3) is 4.21. The molecule has 1 unspecified atom stereocenters. The largest absolute Gasteiger partial charge is 0.534 e. The van der Waals surface area contributed by atoms with Crippen LogP contribution in [0.25, 0.3) is 22.4 Å². The molecule has 0 amide bonds. The van der Waals surface area contributed by atoms with Gasteiger partial charge < -0.3 is 8.92 Å². The number of halogens is 6. The van der Waals surface area contributed by atoms with Crippen LogP contribution in [0.4, 0.5) is 26.3 Å². The van der Waals surface area contributed by atoms with Gasteiger partial charge in [0.1, 0.15) is 17.0 Å². The Bertz CT molecular complexity index is 1340. The zero-order valence-corrected chi connectivity index (χ0v) is 17.5. The molecule has 1 aromatic carbocycles. The number of rotatable bonds is 4. The molecule has 15 heteroatoms. The van der Waals surface area contributed by atoms with Crippen molar-refractivity contribution in [1.82, 2.24) is 19.7 Å². The highest BCUT2D eigenvalue weighted by Gasteiger charge is 2.49. The monoisotopic (exact) mass is 496 g/mol. The lowest BCUT2D eigenvalue weighted by molar-refractivity contribution is -0.0502. The molecule has 1 aliphatic rings. The second kappa shape index (κ2) is 8.13. The SMILES string of the molecule is Cc1nc(-c2nn(C3CCCCO3)c3c(F)cc(F)cc23)nc(OS(=O)(=O)C(F)(F)F)c1F. The Hall–Kier alpha value is -2.94. The van der Waals surface area contributed by atoms with E-state index in [9.17, 15) is 34.8 Å². The maximum atomic E-state index is 14.7. The molecule has 4 rings (SSSR count). The summed E-state index contributed by atoms with van der Waals surface area (Å²) in [6.07, 6.45) is 1.18. The highest BCUT2D eigenvalue weighted by Crippen LogP contribution is 2.35. The van der Waals surface area contributed by atoms with E-state index in [2.05, 4.69) is 19.2 Å². The number of aromatic nitrogens is 4. The number of aryl methyl sites for hydroxylation is 1. The Morgan fingerprint density at radius 3 is 2.52 bits per heavy atom. The van der Waals surface area contributed by atoms with Gasteiger partial charge in [0.05, 0.1) is 5.69 Å². The second-order valence-electron chi connectivity index (χ2n) is 7.13. The number of fused-ring (bicyclic) bond motifs is 1. The van der Waals surface area contributed by atoms with E-state index in [-0.39, 0.29) is 16.6 Å². The lowest BCUT2D eigenvalue weighted by atomic mass is 10.1. The molecule has 3 aromatic rings. The van der Waals surface area contributed by atoms with Gasteiger partial charge in [0.2, 0.25) is 5.82 Å². The van der Waals surface area contributed by atoms with Crippen LogP contribution in [0.15, 0.2) is 12.1 Å². The average molecular weight is 496 g/mol. The van der Waals surface area contributed by atoms with E-state index in [1.54, 1.807) is 0 Å². The molecule has 8 nitrogen and oxygen atoms in total. The van der Waals surface area contributed by atoms with Gasteiger partial charge in [-0.25, -0.2) is 18.4 Å². The first-order valence-electron chi connectivity index (χ1n) is 9.43. The van der Waals surface area contributed by atoms with Gasteiger partial charge in [0.25, 0.3) is 5.88 Å². The van der Waals surface area contributed by atoms with E-state index in [0.29, 0.717) is 19.1 Å². The van der Waals surface area contributed by atoms with Crippen molar-refractivity contribution >= 4 is 21.0 Å². The van der Waals surface area contributed by atoms with E-state index >= 15 is 0 Å². The van der Waals surface area contributed by atoms with Gasteiger partial charge in [0, 0.05) is 18.1 Å². The first-order valence-corrected chi connectivity index (χ1v) is 10.8. The van der Waals surface area contributed by atoms with Crippen LogP contribution in [-0.2, 0) is 14.9 Å². The molecule has 2 aromatic heterocycles. The number of benzene rings is 1. The normalized spacial score (nSPS) is 17.5. The van der Waals surface area contributed by atoms with E-state index < -0.39 is 56.7 Å². The summed E-state index contributed by atoms with van der Waals surface area (Å²) in [4.78, 5) is 7.18. The average Bonchev–Trinajstić information content (AvgIpc) is 3.10. The van der Waals surface area contributed by atoms with Crippen molar-refractivity contribution in [1.29, 1.82) is 0 Å². The van der Waals surface area contributed by atoms with Gasteiger partial charge in [0.15, 0.2) is 17.9 Å². The fraction of sp³-hybridized carbons (Fsp3) is 0.389. The van der Waals surface area contributed by atoms with Crippen molar-refractivity contribution in [2.24, 2.45) is 0 Å². The fourth-order valence-electron chi connectivity index (χ4n) is 3.33. The molecule has 178 valence electrons. The van der Waals surface area contributed by atoms with Crippen LogP contribution in [0.5, 0.6) is 5.88 Å². The van der Waals surface area contributed by atoms with E-state index in [4.69, 9.17) is 4.74 Å². The quantitative estimate of drug-likeness (QED) is 0.304. The summed E-state index contributed by atoms with van der Waals surface area (Å²) < 4.78 is 114. The number of hydrogen-bond acceptors (Lipinski definition) is 7. The first kappa shape index (κ1) is 23.2. The van der Waals surface area contributed by atoms with Gasteiger partial charge >= 0.3 is 15.6 Å². The highest BCUT2D eigenvalue weighted by atomic mass is 32.2. The zero-order valence-electron chi connectivity index (χ0n) is 16.7. The fourth-order valence-corrected chi connectivity index (χ4v) is 3.74. The smallest absolute Gasteiger partial charge is 0.356 e. The summed E-state index contributed by atoms with van der Waals surface area (Å²) in [6.45, 7) is 1.36. The summed E-state index contributed by atoms with van der Waals surface area (Å²) in [7, 11) is -6.25. The second-order valence-corrected chi connectivity index (χ2v) is 8.67. The summed E-state index contributed by atoms with van der Waals surface area (Å²) in [6, 6.07) is 1.49. The maximum Gasteiger partial charge on any atom is 0.534 e. The minimum Gasteiger partial charge on any atom is -0.356 e. The predicted octanol–water partition coefficient (Wildman–Crippen LogP) is 4.15. The molecule has 0 aliphatic carbocycles. The molecule has 0 radical (unpaired) electrons. The number of hydrogen-bond donors (Lipinski definition) is 0. The summed E-state index contributed by atoms with van der Waals surface area (Å²) in [5.41, 5.74) is -6.97. The molecule has 1 fully saturated rings. The molecular weight excluding hydrogens is 482 g/mol. The summed E-state index contributed by atoms with van der Waals surface area (Å²) in [5.74, 6) is -5.72. The van der Waals surface area contributed by atoms with Crippen molar-refractivity contribution in [3.8, 4) is 17.4 Å². The van der Waals surface area contributed by atoms with Gasteiger partial charge in [-0.1, -0.05) is 0 Å². The minimum absolute atomic E-state index is 0.183. The predicted molar refractivity (Wildman–Crippen MR) is 99.8 cm³/mol. The van der Waals surface area contributed by atoms with Crippen molar-refractivity contribution in [2.75, 3.05) is 6.61 Å². The van der Waals surface area contributed by atoms with Crippen molar-refractivity contribution in [2.45, 2.75) is 37.9 Å². The minimum atomic E-state index is -6.25.